The standard InChI is InChI=1S/C19H14ClNO5/c1-23-15-9-11(10-16-17(15)25-7-6-24-16)8-13(20)18-21-14-5-3-2-4-12(14)19(22)26-18/h2-5,8-10H,6-7H2,1H3/b13-8-. The minimum Gasteiger partial charge on any atom is -0.493 e. The predicted molar refractivity (Wildman–Crippen MR) is 98.0 cm³/mol. The minimum absolute atomic E-state index is 0.0456. The Hall–Kier alpha value is -2.99. The fourth-order valence-corrected chi connectivity index (χ4v) is 2.91. The molecule has 2 aromatic carbocycles. The molecule has 0 amide bonds. The average Bonchev–Trinajstić information content (AvgIpc) is 2.67. The lowest BCUT2D eigenvalue weighted by Crippen LogP contribution is -2.16. The number of rotatable bonds is 3. The first-order valence-corrected chi connectivity index (χ1v) is 8.28. The van der Waals surface area contributed by atoms with Gasteiger partial charge in [0.25, 0.3) is 0 Å². The number of halogens is 1. The number of benzene rings is 2. The second-order valence-electron chi connectivity index (χ2n) is 5.56. The van der Waals surface area contributed by atoms with Crippen molar-refractivity contribution >= 4 is 33.6 Å². The van der Waals surface area contributed by atoms with Gasteiger partial charge in [-0.25, -0.2) is 9.78 Å². The summed E-state index contributed by atoms with van der Waals surface area (Å²) < 4.78 is 21.8. The highest BCUT2D eigenvalue weighted by Gasteiger charge is 2.18. The number of fused-ring (bicyclic) bond motifs is 2. The van der Waals surface area contributed by atoms with E-state index in [4.69, 9.17) is 30.2 Å². The maximum absolute atomic E-state index is 12.1. The van der Waals surface area contributed by atoms with Crippen molar-refractivity contribution in [3.63, 3.8) is 0 Å². The quantitative estimate of drug-likeness (QED) is 0.699. The Morgan fingerprint density at radius 1 is 1.23 bits per heavy atom. The van der Waals surface area contributed by atoms with Crippen LogP contribution in [0, 0.1) is 0 Å². The Balaban J connectivity index is 1.78. The lowest BCUT2D eigenvalue weighted by Gasteiger charge is -2.21. The molecule has 4 rings (SSSR count). The third-order valence-corrected chi connectivity index (χ3v) is 4.15. The van der Waals surface area contributed by atoms with Crippen LogP contribution in [0.5, 0.6) is 17.2 Å². The molecule has 0 N–H and O–H groups in total. The normalized spacial score (nSPS) is 13.7. The van der Waals surface area contributed by atoms with Gasteiger partial charge in [-0.2, -0.15) is 0 Å². The van der Waals surface area contributed by atoms with Crippen molar-refractivity contribution in [3.05, 3.63) is 58.3 Å². The van der Waals surface area contributed by atoms with Crippen molar-refractivity contribution in [1.82, 2.24) is 4.98 Å². The van der Waals surface area contributed by atoms with Crippen LogP contribution in [0.4, 0.5) is 0 Å². The molecule has 6 nitrogen and oxygen atoms in total. The van der Waals surface area contributed by atoms with E-state index < -0.39 is 5.63 Å². The first-order chi connectivity index (χ1) is 12.7. The van der Waals surface area contributed by atoms with Crippen LogP contribution >= 0.6 is 11.6 Å². The first-order valence-electron chi connectivity index (χ1n) is 7.91. The summed E-state index contributed by atoms with van der Waals surface area (Å²) in [6, 6.07) is 10.5. The topological polar surface area (TPSA) is 70.8 Å². The van der Waals surface area contributed by atoms with Gasteiger partial charge >= 0.3 is 5.63 Å². The van der Waals surface area contributed by atoms with Gasteiger partial charge in [-0.3, -0.25) is 0 Å². The maximum Gasteiger partial charge on any atom is 0.347 e. The number of ether oxygens (including phenoxy) is 3. The number of nitrogens with zero attached hydrogens (tertiary/aromatic N) is 1. The van der Waals surface area contributed by atoms with Crippen molar-refractivity contribution in [1.29, 1.82) is 0 Å². The van der Waals surface area contributed by atoms with Gasteiger partial charge in [-0.15, -0.1) is 0 Å². The third kappa shape index (κ3) is 2.99. The summed E-state index contributed by atoms with van der Waals surface area (Å²) in [6.07, 6.45) is 1.63. The van der Waals surface area contributed by atoms with Crippen molar-refractivity contribution < 1.29 is 18.6 Å². The zero-order chi connectivity index (χ0) is 18.1. The number of hydrogen-bond acceptors (Lipinski definition) is 6. The highest BCUT2D eigenvalue weighted by Crippen LogP contribution is 2.41. The molecule has 1 aliphatic rings. The van der Waals surface area contributed by atoms with E-state index in [9.17, 15) is 4.79 Å². The van der Waals surface area contributed by atoms with E-state index in [1.54, 1.807) is 49.6 Å². The van der Waals surface area contributed by atoms with Crippen molar-refractivity contribution in [2.24, 2.45) is 0 Å². The lowest BCUT2D eigenvalue weighted by molar-refractivity contribution is 0.165. The monoisotopic (exact) mass is 371 g/mol. The molecule has 0 fully saturated rings. The zero-order valence-electron chi connectivity index (χ0n) is 13.8. The Bertz CT molecular complexity index is 1060. The van der Waals surface area contributed by atoms with Gasteiger partial charge in [-0.05, 0) is 35.9 Å². The highest BCUT2D eigenvalue weighted by molar-refractivity contribution is 6.50. The Kier molecular flexibility index (Phi) is 4.26. The summed E-state index contributed by atoms with van der Waals surface area (Å²) in [7, 11) is 1.55. The van der Waals surface area contributed by atoms with Gasteiger partial charge in [0.2, 0.25) is 11.6 Å². The van der Waals surface area contributed by atoms with E-state index >= 15 is 0 Å². The van der Waals surface area contributed by atoms with Crippen LogP contribution in [0.15, 0.2) is 45.6 Å². The van der Waals surface area contributed by atoms with Crippen LogP contribution in [0.2, 0.25) is 0 Å². The van der Waals surface area contributed by atoms with E-state index in [-0.39, 0.29) is 10.9 Å². The maximum atomic E-state index is 12.1. The highest BCUT2D eigenvalue weighted by atomic mass is 35.5. The summed E-state index contributed by atoms with van der Waals surface area (Å²) in [5, 5.41) is 0.591. The number of para-hydroxylation sites is 1. The van der Waals surface area contributed by atoms with Crippen LogP contribution < -0.4 is 19.8 Å². The molecule has 0 radical (unpaired) electrons. The summed E-state index contributed by atoms with van der Waals surface area (Å²) in [4.78, 5) is 16.4. The van der Waals surface area contributed by atoms with E-state index in [1.807, 2.05) is 0 Å². The largest absolute Gasteiger partial charge is 0.493 e. The smallest absolute Gasteiger partial charge is 0.347 e. The van der Waals surface area contributed by atoms with Crippen LogP contribution in [0.1, 0.15) is 11.5 Å². The minimum atomic E-state index is -0.489. The summed E-state index contributed by atoms with van der Waals surface area (Å²) >= 11 is 6.34. The van der Waals surface area contributed by atoms with Gasteiger partial charge in [0, 0.05) is 0 Å². The molecule has 0 spiro atoms. The molecule has 1 aromatic heterocycles. The van der Waals surface area contributed by atoms with E-state index in [0.29, 0.717) is 46.9 Å². The molecule has 26 heavy (non-hydrogen) atoms. The molecular formula is C19H14ClNO5. The van der Waals surface area contributed by atoms with Gasteiger partial charge in [0.1, 0.15) is 18.2 Å². The molecule has 132 valence electrons. The molecule has 0 saturated heterocycles. The third-order valence-electron chi connectivity index (χ3n) is 3.88. The molecule has 7 heteroatoms. The second kappa shape index (κ2) is 6.72. The van der Waals surface area contributed by atoms with Crippen LogP contribution in [-0.2, 0) is 0 Å². The van der Waals surface area contributed by atoms with Crippen LogP contribution in [-0.4, -0.2) is 25.3 Å². The fraction of sp³-hybridized carbons (Fsp3) is 0.158. The van der Waals surface area contributed by atoms with Gasteiger partial charge in [-0.1, -0.05) is 23.7 Å². The Morgan fingerprint density at radius 2 is 2.04 bits per heavy atom. The molecule has 1 aliphatic heterocycles. The van der Waals surface area contributed by atoms with Crippen molar-refractivity contribution in [3.8, 4) is 17.2 Å². The molecular weight excluding hydrogens is 358 g/mol. The Labute approximate surface area is 153 Å². The number of aromatic nitrogens is 1. The van der Waals surface area contributed by atoms with Crippen LogP contribution in [0.3, 0.4) is 0 Å². The molecule has 0 saturated carbocycles. The predicted octanol–water partition coefficient (Wildman–Crippen LogP) is 3.70. The zero-order valence-corrected chi connectivity index (χ0v) is 14.6. The van der Waals surface area contributed by atoms with E-state index in [2.05, 4.69) is 4.98 Å². The molecule has 0 unspecified atom stereocenters. The number of methoxy groups -OCH3 is 1. The fourth-order valence-electron chi connectivity index (χ4n) is 2.71. The SMILES string of the molecule is COc1cc(/C=C(\Cl)c2nc3ccccc3c(=O)o2)cc2c1OCCO2. The van der Waals surface area contributed by atoms with Crippen molar-refractivity contribution in [2.45, 2.75) is 0 Å². The van der Waals surface area contributed by atoms with Crippen molar-refractivity contribution in [2.75, 3.05) is 20.3 Å². The summed E-state index contributed by atoms with van der Waals surface area (Å²) in [5.41, 5.74) is 0.732. The Morgan fingerprint density at radius 3 is 2.88 bits per heavy atom. The summed E-state index contributed by atoms with van der Waals surface area (Å²) in [6.45, 7) is 0.920. The summed E-state index contributed by atoms with van der Waals surface area (Å²) in [5.74, 6) is 1.71. The molecule has 0 aliphatic carbocycles. The van der Waals surface area contributed by atoms with Crippen LogP contribution in [0.25, 0.3) is 22.0 Å². The van der Waals surface area contributed by atoms with Gasteiger partial charge in [0.05, 0.1) is 18.0 Å². The molecule has 2 heterocycles. The van der Waals surface area contributed by atoms with E-state index in [1.165, 1.54) is 0 Å². The van der Waals surface area contributed by atoms with E-state index in [0.717, 1.165) is 0 Å². The first kappa shape index (κ1) is 16.5. The van der Waals surface area contributed by atoms with Gasteiger partial charge < -0.3 is 18.6 Å². The molecule has 0 atom stereocenters. The number of hydrogen-bond donors (Lipinski definition) is 0. The second-order valence-corrected chi connectivity index (χ2v) is 5.97. The molecule has 0 bridgehead atoms. The lowest BCUT2D eigenvalue weighted by atomic mass is 10.1. The molecule has 3 aromatic rings. The van der Waals surface area contributed by atoms with Gasteiger partial charge in [0.15, 0.2) is 11.5 Å². The average molecular weight is 372 g/mol.